The van der Waals surface area contributed by atoms with E-state index in [9.17, 15) is 9.59 Å². The van der Waals surface area contributed by atoms with Crippen LogP contribution >= 0.6 is 14.3 Å². The standard InChI is InChI=1S/C57H50O6P2/c1-5-20-53(58)62-39-57(3,4)40-63-54(59)38-33-42-22-19-32-50-48(42)35-37-52(65(61,45-27-14-8-15-28-45)46-29-16-9-17-30-46)56(50)55-49-31-18-21-41(2)47(49)34-36-51(55)64(60,43-23-10-6-11-24-43)44-25-12-7-13-26-44/h5-38H,39-40H2,1-4H3/b20-5+,38-33+. The number of esters is 2. The first kappa shape index (κ1) is 44.8. The Bertz CT molecular complexity index is 3090. The minimum absolute atomic E-state index is 0.0305. The van der Waals surface area contributed by atoms with Crippen molar-refractivity contribution >= 4 is 85.7 Å². The molecule has 0 fully saturated rings. The number of carbonyl (C=O) groups is 2. The molecule has 6 nitrogen and oxygen atoms in total. The lowest BCUT2D eigenvalue weighted by Gasteiger charge is -2.29. The maximum Gasteiger partial charge on any atom is 0.330 e. The Labute approximate surface area is 381 Å². The van der Waals surface area contributed by atoms with Gasteiger partial charge in [-0.3, -0.25) is 0 Å². The van der Waals surface area contributed by atoms with Crippen molar-refractivity contribution in [2.45, 2.75) is 27.7 Å². The number of aryl methyl sites for hydroxylation is 1. The van der Waals surface area contributed by atoms with E-state index in [1.807, 2.05) is 178 Å². The lowest BCUT2D eigenvalue weighted by molar-refractivity contribution is -0.146. The highest BCUT2D eigenvalue weighted by molar-refractivity contribution is 7.86. The molecule has 0 amide bonds. The quantitative estimate of drug-likeness (QED) is 0.0614. The van der Waals surface area contributed by atoms with Gasteiger partial charge in [-0.2, -0.15) is 0 Å². The van der Waals surface area contributed by atoms with Gasteiger partial charge in [-0.1, -0.05) is 190 Å². The zero-order valence-corrected chi connectivity index (χ0v) is 38.7. The molecule has 0 N–H and O–H groups in total. The molecule has 0 aliphatic rings. The number of carbonyl (C=O) groups excluding carboxylic acids is 2. The molecule has 0 radical (unpaired) electrons. The summed E-state index contributed by atoms with van der Waals surface area (Å²) in [5.41, 5.74) is 2.58. The molecule has 8 heteroatoms. The molecular formula is C57H50O6P2. The third-order valence-corrected chi connectivity index (χ3v) is 17.9. The van der Waals surface area contributed by atoms with Gasteiger partial charge < -0.3 is 18.6 Å². The summed E-state index contributed by atoms with van der Waals surface area (Å²) in [4.78, 5) is 25.3. The van der Waals surface area contributed by atoms with Crippen molar-refractivity contribution in [3.05, 3.63) is 211 Å². The van der Waals surface area contributed by atoms with Crippen molar-refractivity contribution in [1.29, 1.82) is 0 Å². The van der Waals surface area contributed by atoms with Gasteiger partial charge in [0.25, 0.3) is 0 Å². The molecule has 8 aromatic rings. The van der Waals surface area contributed by atoms with Gasteiger partial charge >= 0.3 is 11.9 Å². The van der Waals surface area contributed by atoms with Crippen LogP contribution in [0, 0.1) is 12.3 Å². The lowest BCUT2D eigenvalue weighted by Crippen LogP contribution is -2.30. The van der Waals surface area contributed by atoms with E-state index in [0.717, 1.165) is 38.2 Å². The summed E-state index contributed by atoms with van der Waals surface area (Å²) in [6, 6.07) is 58.5. The van der Waals surface area contributed by atoms with Crippen LogP contribution in [-0.2, 0) is 28.2 Å². The predicted molar refractivity (Wildman–Crippen MR) is 270 cm³/mol. The van der Waals surface area contributed by atoms with E-state index < -0.39 is 31.6 Å². The van der Waals surface area contributed by atoms with Crippen LogP contribution in [0.3, 0.4) is 0 Å². The number of rotatable bonds is 14. The van der Waals surface area contributed by atoms with E-state index in [-0.39, 0.29) is 13.2 Å². The summed E-state index contributed by atoms with van der Waals surface area (Å²) in [5.74, 6) is -1.01. The Morgan fingerprint density at radius 3 is 1.32 bits per heavy atom. The summed E-state index contributed by atoms with van der Waals surface area (Å²) in [5, 5.41) is 7.33. The van der Waals surface area contributed by atoms with Gasteiger partial charge in [0.05, 0.1) is 13.2 Å². The third-order valence-electron chi connectivity index (χ3n) is 11.7. The fourth-order valence-electron chi connectivity index (χ4n) is 8.44. The highest BCUT2D eigenvalue weighted by Gasteiger charge is 2.38. The van der Waals surface area contributed by atoms with Gasteiger partial charge in [0.1, 0.15) is 0 Å². The average Bonchev–Trinajstić information content (AvgIpc) is 3.34. The van der Waals surface area contributed by atoms with E-state index in [4.69, 9.17) is 9.47 Å². The molecule has 65 heavy (non-hydrogen) atoms. The molecular weight excluding hydrogens is 843 g/mol. The first-order chi connectivity index (χ1) is 31.5. The third kappa shape index (κ3) is 8.98. The molecule has 0 heterocycles. The van der Waals surface area contributed by atoms with Gasteiger partial charge in [0.2, 0.25) is 0 Å². The van der Waals surface area contributed by atoms with Crippen LogP contribution in [0.2, 0.25) is 0 Å². The molecule has 8 rings (SSSR count). The molecule has 8 aromatic carbocycles. The minimum Gasteiger partial charge on any atom is -0.462 e. The second-order valence-electron chi connectivity index (χ2n) is 16.8. The topological polar surface area (TPSA) is 86.7 Å². The van der Waals surface area contributed by atoms with Gasteiger partial charge in [0.15, 0.2) is 14.3 Å². The van der Waals surface area contributed by atoms with Gasteiger partial charge in [0, 0.05) is 60.5 Å². The van der Waals surface area contributed by atoms with E-state index in [1.54, 1.807) is 19.1 Å². The van der Waals surface area contributed by atoms with Crippen molar-refractivity contribution in [3.8, 4) is 11.1 Å². The highest BCUT2D eigenvalue weighted by Crippen LogP contribution is 2.52. The average molecular weight is 893 g/mol. The first-order valence-electron chi connectivity index (χ1n) is 21.6. The smallest absolute Gasteiger partial charge is 0.330 e. The molecule has 0 saturated carbocycles. The van der Waals surface area contributed by atoms with E-state index >= 15 is 9.13 Å². The van der Waals surface area contributed by atoms with Crippen LogP contribution < -0.4 is 31.8 Å². The normalized spacial score (nSPS) is 12.2. The fraction of sp³-hybridized carbons (Fsp3) is 0.123. The Morgan fingerprint density at radius 1 is 0.477 bits per heavy atom. The van der Waals surface area contributed by atoms with Crippen molar-refractivity contribution in [2.75, 3.05) is 13.2 Å². The summed E-state index contributed by atoms with van der Waals surface area (Å²) < 4.78 is 44.5. The Kier molecular flexibility index (Phi) is 13.1. The van der Waals surface area contributed by atoms with Gasteiger partial charge in [-0.05, 0) is 64.7 Å². The molecule has 324 valence electrons. The maximum atomic E-state index is 16.8. The van der Waals surface area contributed by atoms with Crippen LogP contribution in [0.25, 0.3) is 38.7 Å². The molecule has 0 saturated heterocycles. The SMILES string of the molecule is C/C=C/C(=O)OCC(C)(C)COC(=O)/C=C/c1cccc2c(-c3c(P(=O)(c4ccccc4)c4ccccc4)ccc4c(C)cccc34)c(P(=O)(c3ccccc3)c3ccccc3)ccc12. The van der Waals surface area contributed by atoms with Crippen LogP contribution in [0.5, 0.6) is 0 Å². The molecule has 0 unspecified atom stereocenters. The van der Waals surface area contributed by atoms with Gasteiger partial charge in [-0.15, -0.1) is 0 Å². The molecule has 0 spiro atoms. The Balaban J connectivity index is 1.42. The number of hydrogen-bond donors (Lipinski definition) is 0. The van der Waals surface area contributed by atoms with E-state index in [2.05, 4.69) is 25.1 Å². The lowest BCUT2D eigenvalue weighted by atomic mass is 9.91. The largest absolute Gasteiger partial charge is 0.462 e. The second kappa shape index (κ2) is 19.1. The second-order valence-corrected chi connectivity index (χ2v) is 22.3. The highest BCUT2D eigenvalue weighted by atomic mass is 31.2. The van der Waals surface area contributed by atoms with Crippen LogP contribution in [0.1, 0.15) is 31.9 Å². The maximum absolute atomic E-state index is 16.8. The first-order valence-corrected chi connectivity index (χ1v) is 25.0. The number of allylic oxidation sites excluding steroid dienone is 1. The van der Waals surface area contributed by atoms with Crippen molar-refractivity contribution < 1.29 is 28.2 Å². The zero-order valence-electron chi connectivity index (χ0n) is 36.9. The number of benzene rings is 8. The van der Waals surface area contributed by atoms with E-state index in [1.165, 1.54) is 12.2 Å². The molecule has 0 atom stereocenters. The summed E-state index contributed by atoms with van der Waals surface area (Å²) >= 11 is 0. The molecule has 0 aliphatic carbocycles. The summed E-state index contributed by atoms with van der Waals surface area (Å²) in [7, 11) is -7.36. The van der Waals surface area contributed by atoms with Crippen molar-refractivity contribution in [2.24, 2.45) is 5.41 Å². The van der Waals surface area contributed by atoms with Crippen LogP contribution in [-0.4, -0.2) is 25.2 Å². The Morgan fingerprint density at radius 2 is 0.877 bits per heavy atom. The summed E-state index contributed by atoms with van der Waals surface area (Å²) in [6.07, 6.45) is 6.08. The molecule has 0 aromatic heterocycles. The molecule has 0 bridgehead atoms. The Hall–Kier alpha value is -6.84. The molecule has 0 aliphatic heterocycles. The summed E-state index contributed by atoms with van der Waals surface area (Å²) in [6.45, 7) is 7.64. The number of hydrogen-bond acceptors (Lipinski definition) is 6. The van der Waals surface area contributed by atoms with Crippen molar-refractivity contribution in [3.63, 3.8) is 0 Å². The predicted octanol–water partition coefficient (Wildman–Crippen LogP) is 10.9. The fourth-order valence-corrected chi connectivity index (χ4v) is 14.2. The number of ether oxygens (including phenoxy) is 2. The van der Waals surface area contributed by atoms with Crippen LogP contribution in [0.15, 0.2) is 200 Å². The monoisotopic (exact) mass is 892 g/mol. The van der Waals surface area contributed by atoms with Crippen LogP contribution in [0.4, 0.5) is 0 Å². The zero-order chi connectivity index (χ0) is 45.6. The van der Waals surface area contributed by atoms with E-state index in [0.29, 0.717) is 37.4 Å². The minimum atomic E-state index is -3.69. The van der Waals surface area contributed by atoms with Gasteiger partial charge in [-0.25, -0.2) is 9.59 Å². The van der Waals surface area contributed by atoms with Crippen molar-refractivity contribution in [1.82, 2.24) is 0 Å². The number of fused-ring (bicyclic) bond motifs is 2.